The van der Waals surface area contributed by atoms with Crippen LogP contribution < -0.4 is 0 Å². The molecule has 0 atom stereocenters. The van der Waals surface area contributed by atoms with Crippen molar-refractivity contribution in [3.63, 3.8) is 0 Å². The smallest absolute Gasteiger partial charge is 0.152 e. The van der Waals surface area contributed by atoms with Crippen molar-refractivity contribution < 1.29 is 5.11 Å². The maximum atomic E-state index is 9.21. The van der Waals surface area contributed by atoms with E-state index >= 15 is 0 Å². The zero-order valence-corrected chi connectivity index (χ0v) is 8.02. The van der Waals surface area contributed by atoms with Gasteiger partial charge < -0.3 is 5.11 Å². The molecule has 1 N–H and O–H groups in total. The summed E-state index contributed by atoms with van der Waals surface area (Å²) < 4.78 is 0. The molecule has 0 radical (unpaired) electrons. The van der Waals surface area contributed by atoms with Crippen LogP contribution in [0.25, 0.3) is 6.08 Å². The molecule has 0 spiro atoms. The maximum Gasteiger partial charge on any atom is 0.152 e. The second kappa shape index (κ2) is 3.83. The van der Waals surface area contributed by atoms with Gasteiger partial charge in [-0.1, -0.05) is 35.4 Å². The normalized spacial score (nSPS) is 10.9. The van der Waals surface area contributed by atoms with Crippen molar-refractivity contribution in [1.29, 1.82) is 0 Å². The Balaban J connectivity index is 3.21. The number of benzene rings is 1. The average Bonchev–Trinajstić information content (AvgIpc) is 2.01. The molecule has 64 valence electrons. The summed E-state index contributed by atoms with van der Waals surface area (Å²) in [7, 11) is 0. The highest BCUT2D eigenvalue weighted by Gasteiger charge is 2.04. The molecule has 1 rings (SSSR count). The highest BCUT2D eigenvalue weighted by atomic mass is 35.5. The van der Waals surface area contributed by atoms with Crippen molar-refractivity contribution in [2.75, 3.05) is 0 Å². The first-order valence-corrected chi connectivity index (χ1v) is 4.21. The number of allylic oxidation sites excluding steroid dienone is 1. The van der Waals surface area contributed by atoms with Crippen LogP contribution in [0.3, 0.4) is 0 Å². The molecular formula is C9H8Cl2O. The predicted molar refractivity (Wildman–Crippen MR) is 52.8 cm³/mol. The predicted octanol–water partition coefficient (Wildman–Crippen LogP) is 3.73. The summed E-state index contributed by atoms with van der Waals surface area (Å²) in [4.78, 5) is 0. The van der Waals surface area contributed by atoms with E-state index in [9.17, 15) is 5.11 Å². The molecule has 0 saturated carbocycles. The van der Waals surface area contributed by atoms with E-state index in [1.807, 2.05) is 19.1 Å². The fourth-order valence-corrected chi connectivity index (χ4v) is 1.38. The molecule has 0 bridgehead atoms. The van der Waals surface area contributed by atoms with Crippen molar-refractivity contribution in [2.24, 2.45) is 0 Å². The zero-order chi connectivity index (χ0) is 9.14. The minimum Gasteiger partial charge on any atom is -0.505 e. The minimum absolute atomic E-state index is 0.0633. The van der Waals surface area contributed by atoms with Gasteiger partial charge in [0.25, 0.3) is 0 Å². The number of rotatable bonds is 1. The van der Waals surface area contributed by atoms with E-state index in [4.69, 9.17) is 23.2 Å². The first-order valence-electron chi connectivity index (χ1n) is 3.46. The molecule has 1 aromatic carbocycles. The Labute approximate surface area is 81.2 Å². The Morgan fingerprint density at radius 1 is 1.25 bits per heavy atom. The van der Waals surface area contributed by atoms with E-state index in [-0.39, 0.29) is 15.8 Å². The zero-order valence-electron chi connectivity index (χ0n) is 6.51. The molecule has 1 nitrogen and oxygen atoms in total. The molecule has 0 aliphatic rings. The molecule has 12 heavy (non-hydrogen) atoms. The lowest BCUT2D eigenvalue weighted by atomic mass is 10.2. The van der Waals surface area contributed by atoms with Crippen molar-refractivity contribution >= 4 is 29.3 Å². The summed E-state index contributed by atoms with van der Waals surface area (Å²) >= 11 is 11.4. The van der Waals surface area contributed by atoms with Crippen LogP contribution in [-0.2, 0) is 0 Å². The van der Waals surface area contributed by atoms with Gasteiger partial charge in [0.1, 0.15) is 0 Å². The standard InChI is InChI=1S/C9H8Cl2O/c1-2-3-6-4-7(10)9(12)8(11)5-6/h2-5,12H,1H3/b3-2+. The van der Waals surface area contributed by atoms with Crippen LogP contribution in [0.1, 0.15) is 12.5 Å². The summed E-state index contributed by atoms with van der Waals surface area (Å²) in [5, 5.41) is 9.76. The van der Waals surface area contributed by atoms with Crippen LogP contribution in [-0.4, -0.2) is 5.11 Å². The van der Waals surface area contributed by atoms with Gasteiger partial charge in [0, 0.05) is 0 Å². The van der Waals surface area contributed by atoms with E-state index in [0.29, 0.717) is 0 Å². The van der Waals surface area contributed by atoms with Gasteiger partial charge in [-0.15, -0.1) is 0 Å². The van der Waals surface area contributed by atoms with Gasteiger partial charge in [-0.2, -0.15) is 0 Å². The highest BCUT2D eigenvalue weighted by Crippen LogP contribution is 2.32. The van der Waals surface area contributed by atoms with Gasteiger partial charge in [-0.3, -0.25) is 0 Å². The largest absolute Gasteiger partial charge is 0.505 e. The van der Waals surface area contributed by atoms with Gasteiger partial charge in [-0.05, 0) is 24.6 Å². The number of hydrogen-bond donors (Lipinski definition) is 1. The molecule has 0 aliphatic heterocycles. The first kappa shape index (κ1) is 9.43. The number of phenolic OH excluding ortho intramolecular Hbond substituents is 1. The number of aromatic hydroxyl groups is 1. The van der Waals surface area contributed by atoms with Gasteiger partial charge in [-0.25, -0.2) is 0 Å². The highest BCUT2D eigenvalue weighted by molar-refractivity contribution is 6.37. The molecule has 0 aliphatic carbocycles. The molecule has 0 unspecified atom stereocenters. The van der Waals surface area contributed by atoms with Crippen LogP contribution in [0.15, 0.2) is 18.2 Å². The molecule has 1 aromatic rings. The summed E-state index contributed by atoms with van der Waals surface area (Å²) in [6, 6.07) is 3.31. The maximum absolute atomic E-state index is 9.21. The van der Waals surface area contributed by atoms with Crippen LogP contribution >= 0.6 is 23.2 Å². The second-order valence-electron chi connectivity index (χ2n) is 2.33. The third-order valence-corrected chi connectivity index (χ3v) is 1.97. The third-order valence-electron chi connectivity index (χ3n) is 1.40. The molecule has 0 aromatic heterocycles. The quantitative estimate of drug-likeness (QED) is 0.737. The number of halogens is 2. The van der Waals surface area contributed by atoms with E-state index in [1.165, 1.54) is 0 Å². The van der Waals surface area contributed by atoms with Crippen molar-refractivity contribution in [3.05, 3.63) is 33.8 Å². The van der Waals surface area contributed by atoms with E-state index in [2.05, 4.69) is 0 Å². The summed E-state index contributed by atoms with van der Waals surface area (Å²) in [6.07, 6.45) is 3.73. The topological polar surface area (TPSA) is 20.2 Å². The Kier molecular flexibility index (Phi) is 3.01. The Morgan fingerprint density at radius 3 is 2.17 bits per heavy atom. The number of hydrogen-bond acceptors (Lipinski definition) is 1. The van der Waals surface area contributed by atoms with E-state index in [0.717, 1.165) is 5.56 Å². The summed E-state index contributed by atoms with van der Waals surface area (Å²) in [5.41, 5.74) is 0.880. The number of phenols is 1. The molecule has 0 fully saturated rings. The molecule has 0 saturated heterocycles. The van der Waals surface area contributed by atoms with E-state index < -0.39 is 0 Å². The fraction of sp³-hybridized carbons (Fsp3) is 0.111. The van der Waals surface area contributed by atoms with Gasteiger partial charge in [0.15, 0.2) is 5.75 Å². The van der Waals surface area contributed by atoms with E-state index in [1.54, 1.807) is 12.1 Å². The van der Waals surface area contributed by atoms with Gasteiger partial charge >= 0.3 is 0 Å². The second-order valence-corrected chi connectivity index (χ2v) is 3.15. The lowest BCUT2D eigenvalue weighted by Crippen LogP contribution is -1.75. The monoisotopic (exact) mass is 202 g/mol. The van der Waals surface area contributed by atoms with Crippen LogP contribution in [0.2, 0.25) is 10.0 Å². The fourth-order valence-electron chi connectivity index (χ4n) is 0.874. The van der Waals surface area contributed by atoms with Crippen LogP contribution in [0, 0.1) is 0 Å². The Bertz CT molecular complexity index is 295. The Hall–Kier alpha value is -0.660. The lowest BCUT2D eigenvalue weighted by molar-refractivity contribution is 0.476. The van der Waals surface area contributed by atoms with Gasteiger partial charge in [0.05, 0.1) is 10.0 Å². The summed E-state index contributed by atoms with van der Waals surface area (Å²) in [6.45, 7) is 1.90. The lowest BCUT2D eigenvalue weighted by Gasteiger charge is -2.00. The van der Waals surface area contributed by atoms with Crippen molar-refractivity contribution in [3.8, 4) is 5.75 Å². The minimum atomic E-state index is -0.0633. The molecule has 0 heterocycles. The molecule has 0 amide bonds. The molecule has 3 heteroatoms. The summed E-state index contributed by atoms with van der Waals surface area (Å²) in [5.74, 6) is -0.0633. The van der Waals surface area contributed by atoms with Crippen LogP contribution in [0.4, 0.5) is 0 Å². The third kappa shape index (κ3) is 1.93. The Morgan fingerprint density at radius 2 is 1.75 bits per heavy atom. The van der Waals surface area contributed by atoms with Gasteiger partial charge in [0.2, 0.25) is 0 Å². The van der Waals surface area contributed by atoms with Crippen molar-refractivity contribution in [1.82, 2.24) is 0 Å². The molecular weight excluding hydrogens is 195 g/mol. The van der Waals surface area contributed by atoms with Crippen LogP contribution in [0.5, 0.6) is 5.75 Å². The van der Waals surface area contributed by atoms with Crippen molar-refractivity contribution in [2.45, 2.75) is 6.92 Å². The first-order chi connectivity index (χ1) is 5.65. The average molecular weight is 203 g/mol. The SMILES string of the molecule is C/C=C/c1cc(Cl)c(O)c(Cl)c1.